The molecule has 2 aromatic heterocycles. The van der Waals surface area contributed by atoms with Crippen LogP contribution in [0.4, 0.5) is 10.6 Å². The normalized spacial score (nSPS) is 12.5. The SMILES string of the molecule is Cc1ccc(S(=O)(=O)OCC(O)COc2ccc3nc(/C=C/C#Cc4cnc(N(C)C(=O)OC(C)(C)C)cn4)sc3c2)cc1. The lowest BCUT2D eigenvalue weighted by molar-refractivity contribution is 0.0588. The number of aryl methyl sites for hydroxylation is 1. The number of anilines is 1. The number of aromatic nitrogens is 3. The first-order chi connectivity index (χ1) is 20.8. The number of aliphatic hydroxyl groups is 1. The second-order valence-electron chi connectivity index (χ2n) is 10.6. The molecule has 11 nitrogen and oxygen atoms in total. The molecule has 1 amide bonds. The molecule has 0 bridgehead atoms. The molecule has 44 heavy (non-hydrogen) atoms. The Bertz CT molecular complexity index is 1800. The van der Waals surface area contributed by atoms with Crippen molar-refractivity contribution in [3.8, 4) is 17.6 Å². The van der Waals surface area contributed by atoms with Gasteiger partial charge in [0.15, 0.2) is 5.82 Å². The van der Waals surface area contributed by atoms with Gasteiger partial charge in [0.25, 0.3) is 10.1 Å². The highest BCUT2D eigenvalue weighted by atomic mass is 32.2. The molecule has 0 saturated carbocycles. The number of carbonyl (C=O) groups excluding carboxylic acids is 1. The van der Waals surface area contributed by atoms with Crippen LogP contribution in [0.2, 0.25) is 0 Å². The van der Waals surface area contributed by atoms with E-state index in [0.717, 1.165) is 20.8 Å². The molecular formula is C31H32N4O7S2. The molecule has 13 heteroatoms. The predicted molar refractivity (Wildman–Crippen MR) is 168 cm³/mol. The number of benzene rings is 2. The van der Waals surface area contributed by atoms with Crippen LogP contribution in [-0.2, 0) is 19.0 Å². The zero-order chi connectivity index (χ0) is 31.9. The fourth-order valence-electron chi connectivity index (χ4n) is 3.48. The van der Waals surface area contributed by atoms with Crippen molar-refractivity contribution in [1.29, 1.82) is 0 Å². The van der Waals surface area contributed by atoms with Gasteiger partial charge < -0.3 is 14.6 Å². The molecule has 1 unspecified atom stereocenters. The number of thiazole rings is 1. The number of amides is 1. The third kappa shape index (κ3) is 9.32. The maximum absolute atomic E-state index is 12.3. The Labute approximate surface area is 260 Å². The molecule has 0 radical (unpaired) electrons. The molecule has 4 rings (SSSR count). The van der Waals surface area contributed by atoms with Gasteiger partial charge in [-0.25, -0.2) is 19.7 Å². The van der Waals surface area contributed by atoms with Crippen molar-refractivity contribution in [3.05, 3.63) is 77.2 Å². The van der Waals surface area contributed by atoms with E-state index in [9.17, 15) is 18.3 Å². The fraction of sp³-hybridized carbons (Fsp3) is 0.290. The largest absolute Gasteiger partial charge is 0.491 e. The van der Waals surface area contributed by atoms with Crippen molar-refractivity contribution < 1.29 is 32.0 Å². The van der Waals surface area contributed by atoms with Gasteiger partial charge in [0.2, 0.25) is 0 Å². The fourth-order valence-corrected chi connectivity index (χ4v) is 5.32. The van der Waals surface area contributed by atoms with Gasteiger partial charge in [-0.2, -0.15) is 8.42 Å². The number of fused-ring (bicyclic) bond motifs is 1. The molecule has 0 saturated heterocycles. The Kier molecular flexibility index (Phi) is 10.3. The Balaban J connectivity index is 1.29. The highest BCUT2D eigenvalue weighted by Crippen LogP contribution is 2.27. The van der Waals surface area contributed by atoms with Crippen LogP contribution >= 0.6 is 11.3 Å². The minimum absolute atomic E-state index is 0.0233. The number of ether oxygens (including phenoxy) is 2. The lowest BCUT2D eigenvalue weighted by Crippen LogP contribution is -2.34. The zero-order valence-electron chi connectivity index (χ0n) is 24.8. The molecule has 0 aliphatic heterocycles. The first-order valence-electron chi connectivity index (χ1n) is 13.4. The molecular weight excluding hydrogens is 604 g/mol. The van der Waals surface area contributed by atoms with E-state index < -0.39 is 34.5 Å². The molecule has 1 atom stereocenters. The number of carbonyl (C=O) groups is 1. The maximum atomic E-state index is 12.3. The van der Waals surface area contributed by atoms with Gasteiger partial charge in [-0.15, -0.1) is 11.3 Å². The molecule has 0 aliphatic carbocycles. The quantitative estimate of drug-likeness (QED) is 0.198. The summed E-state index contributed by atoms with van der Waals surface area (Å²) in [6, 6.07) is 11.6. The van der Waals surface area contributed by atoms with Crippen molar-refractivity contribution in [3.63, 3.8) is 0 Å². The van der Waals surface area contributed by atoms with E-state index in [1.165, 1.54) is 40.8 Å². The number of allylic oxidation sites excluding steroid dienone is 1. The average Bonchev–Trinajstić information content (AvgIpc) is 3.38. The van der Waals surface area contributed by atoms with Crippen LogP contribution in [0.25, 0.3) is 16.3 Å². The minimum Gasteiger partial charge on any atom is -0.491 e. The van der Waals surface area contributed by atoms with Crippen LogP contribution < -0.4 is 9.64 Å². The lowest BCUT2D eigenvalue weighted by atomic mass is 10.2. The Hall–Kier alpha value is -4.35. The van der Waals surface area contributed by atoms with Gasteiger partial charge in [-0.1, -0.05) is 23.6 Å². The van der Waals surface area contributed by atoms with E-state index in [-0.39, 0.29) is 11.5 Å². The Morgan fingerprint density at radius 2 is 1.86 bits per heavy atom. The maximum Gasteiger partial charge on any atom is 0.415 e. The average molecular weight is 637 g/mol. The van der Waals surface area contributed by atoms with E-state index in [4.69, 9.17) is 13.7 Å². The van der Waals surface area contributed by atoms with Crippen LogP contribution in [-0.4, -0.2) is 66.5 Å². The molecule has 2 aromatic carbocycles. The summed E-state index contributed by atoms with van der Waals surface area (Å²) in [5, 5.41) is 10.9. The van der Waals surface area contributed by atoms with Crippen LogP contribution in [0, 0.1) is 18.8 Å². The lowest BCUT2D eigenvalue weighted by Gasteiger charge is -2.23. The summed E-state index contributed by atoms with van der Waals surface area (Å²) < 4.78 is 41.4. The second kappa shape index (κ2) is 14.0. The van der Waals surface area contributed by atoms with Gasteiger partial charge in [0, 0.05) is 7.05 Å². The number of rotatable bonds is 9. The van der Waals surface area contributed by atoms with Gasteiger partial charge in [-0.3, -0.25) is 9.08 Å². The summed E-state index contributed by atoms with van der Waals surface area (Å²) in [6.45, 7) is 6.62. The summed E-state index contributed by atoms with van der Waals surface area (Å²) in [5.74, 6) is 6.62. The van der Waals surface area contributed by atoms with Crippen LogP contribution in [0.3, 0.4) is 0 Å². The third-order valence-electron chi connectivity index (χ3n) is 5.70. The van der Waals surface area contributed by atoms with Crippen LogP contribution in [0.15, 0.2) is 65.8 Å². The molecule has 0 fully saturated rings. The van der Waals surface area contributed by atoms with Crippen molar-refractivity contribution in [2.45, 2.75) is 44.3 Å². The van der Waals surface area contributed by atoms with E-state index in [0.29, 0.717) is 17.3 Å². The van der Waals surface area contributed by atoms with Gasteiger partial charge in [-0.05, 0) is 76.1 Å². The topological polar surface area (TPSA) is 141 Å². The van der Waals surface area contributed by atoms with E-state index in [1.54, 1.807) is 70.3 Å². The molecule has 4 aromatic rings. The Morgan fingerprint density at radius 3 is 2.55 bits per heavy atom. The molecule has 0 aliphatic rings. The third-order valence-corrected chi connectivity index (χ3v) is 7.98. The minimum atomic E-state index is -3.98. The van der Waals surface area contributed by atoms with E-state index in [2.05, 4.69) is 26.8 Å². The highest BCUT2D eigenvalue weighted by Gasteiger charge is 2.21. The molecule has 230 valence electrons. The van der Waals surface area contributed by atoms with Crippen molar-refractivity contribution >= 4 is 49.7 Å². The summed E-state index contributed by atoms with van der Waals surface area (Å²) in [5.41, 5.74) is 1.50. The van der Waals surface area contributed by atoms with Gasteiger partial charge >= 0.3 is 6.09 Å². The predicted octanol–water partition coefficient (Wildman–Crippen LogP) is 4.98. The first kappa shape index (κ1) is 32.6. The van der Waals surface area contributed by atoms with Gasteiger partial charge in [0.1, 0.15) is 34.8 Å². The number of hydrogen-bond acceptors (Lipinski definition) is 11. The van der Waals surface area contributed by atoms with Crippen molar-refractivity contribution in [2.24, 2.45) is 0 Å². The summed E-state index contributed by atoms with van der Waals surface area (Å²) in [7, 11) is -2.43. The molecule has 0 spiro atoms. The van der Waals surface area contributed by atoms with Gasteiger partial charge in [0.05, 0.1) is 34.1 Å². The highest BCUT2D eigenvalue weighted by molar-refractivity contribution is 7.86. The zero-order valence-corrected chi connectivity index (χ0v) is 26.5. The summed E-state index contributed by atoms with van der Waals surface area (Å²) in [6.07, 6.45) is 4.66. The monoisotopic (exact) mass is 636 g/mol. The van der Waals surface area contributed by atoms with Crippen LogP contribution in [0.5, 0.6) is 5.75 Å². The standard InChI is InChI=1S/C31H32N4O7S2/c1-21-10-13-25(14-11-21)44(38,39)41-20-23(36)19-40-24-12-15-26-27(16-24)43-29(34-26)9-7-6-8-22-17-33-28(18-32-22)35(5)30(37)42-31(2,3)4/h7,9-18,23,36H,19-20H2,1-5H3/b9-7+. The molecule has 1 N–H and O–H groups in total. The number of nitrogens with zero attached hydrogens (tertiary/aromatic N) is 4. The number of hydrogen-bond donors (Lipinski definition) is 1. The first-order valence-corrected chi connectivity index (χ1v) is 15.7. The second-order valence-corrected chi connectivity index (χ2v) is 13.3. The molecule has 2 heterocycles. The summed E-state index contributed by atoms with van der Waals surface area (Å²) >= 11 is 1.43. The smallest absolute Gasteiger partial charge is 0.415 e. The van der Waals surface area contributed by atoms with Crippen LogP contribution in [0.1, 0.15) is 37.0 Å². The van der Waals surface area contributed by atoms with Crippen molar-refractivity contribution in [2.75, 3.05) is 25.2 Å². The number of aliphatic hydroxyl groups excluding tert-OH is 1. The summed E-state index contributed by atoms with van der Waals surface area (Å²) in [4.78, 5) is 26.5. The Morgan fingerprint density at radius 1 is 1.11 bits per heavy atom. The van der Waals surface area contributed by atoms with E-state index in [1.807, 2.05) is 6.92 Å². The van der Waals surface area contributed by atoms with E-state index >= 15 is 0 Å². The van der Waals surface area contributed by atoms with Crippen molar-refractivity contribution in [1.82, 2.24) is 15.0 Å².